The number of aliphatic hydroxyl groups is 1. The Morgan fingerprint density at radius 3 is 2.64 bits per heavy atom. The molecule has 14 heavy (non-hydrogen) atoms. The first kappa shape index (κ1) is 12.0. The van der Waals surface area contributed by atoms with Crippen molar-refractivity contribution in [2.45, 2.75) is 38.6 Å². The zero-order chi connectivity index (χ0) is 10.2. The van der Waals surface area contributed by atoms with Gasteiger partial charge in [0.05, 0.1) is 6.61 Å². The minimum Gasteiger partial charge on any atom is -0.395 e. The SMILES string of the molecule is CCCNC(CO)CCN1CCCC1. The second-order valence-electron chi connectivity index (χ2n) is 4.17. The van der Waals surface area contributed by atoms with E-state index in [2.05, 4.69) is 17.1 Å². The Bertz CT molecular complexity index is 135. The molecule has 1 atom stereocenters. The maximum absolute atomic E-state index is 9.15. The maximum Gasteiger partial charge on any atom is 0.0585 e. The summed E-state index contributed by atoms with van der Waals surface area (Å²) in [7, 11) is 0. The third-order valence-electron chi connectivity index (χ3n) is 2.90. The minimum atomic E-state index is 0.272. The highest BCUT2D eigenvalue weighted by Crippen LogP contribution is 2.08. The lowest BCUT2D eigenvalue weighted by molar-refractivity contribution is 0.217. The van der Waals surface area contributed by atoms with Crippen molar-refractivity contribution >= 4 is 0 Å². The van der Waals surface area contributed by atoms with Crippen molar-refractivity contribution in [2.75, 3.05) is 32.8 Å². The van der Waals surface area contributed by atoms with Crippen LogP contribution in [0.3, 0.4) is 0 Å². The van der Waals surface area contributed by atoms with Gasteiger partial charge in [-0.2, -0.15) is 0 Å². The Kier molecular flexibility index (Phi) is 6.15. The number of hydrogen-bond acceptors (Lipinski definition) is 3. The molecule has 0 bridgehead atoms. The monoisotopic (exact) mass is 200 g/mol. The summed E-state index contributed by atoms with van der Waals surface area (Å²) in [5.41, 5.74) is 0. The summed E-state index contributed by atoms with van der Waals surface area (Å²) in [5.74, 6) is 0. The van der Waals surface area contributed by atoms with Gasteiger partial charge in [-0.15, -0.1) is 0 Å². The molecule has 0 radical (unpaired) electrons. The zero-order valence-electron chi connectivity index (χ0n) is 9.34. The molecule has 0 aromatic rings. The van der Waals surface area contributed by atoms with E-state index < -0.39 is 0 Å². The predicted molar refractivity (Wildman–Crippen MR) is 59.5 cm³/mol. The molecule has 1 rings (SSSR count). The van der Waals surface area contributed by atoms with E-state index in [0.717, 1.165) is 25.9 Å². The number of nitrogens with zero attached hydrogens (tertiary/aromatic N) is 1. The summed E-state index contributed by atoms with van der Waals surface area (Å²) < 4.78 is 0. The molecule has 0 amide bonds. The van der Waals surface area contributed by atoms with E-state index >= 15 is 0 Å². The number of likely N-dealkylation sites (tertiary alicyclic amines) is 1. The summed E-state index contributed by atoms with van der Waals surface area (Å²) in [5, 5.41) is 12.5. The van der Waals surface area contributed by atoms with Crippen molar-refractivity contribution in [3.63, 3.8) is 0 Å². The standard InChI is InChI=1S/C11H24N2O/c1-2-6-12-11(10-14)5-9-13-7-3-4-8-13/h11-12,14H,2-10H2,1H3. The van der Waals surface area contributed by atoms with E-state index in [1.807, 2.05) is 0 Å². The molecule has 1 saturated heterocycles. The third-order valence-corrected chi connectivity index (χ3v) is 2.90. The molecular weight excluding hydrogens is 176 g/mol. The van der Waals surface area contributed by atoms with Crippen LogP contribution in [0.15, 0.2) is 0 Å². The fourth-order valence-corrected chi connectivity index (χ4v) is 1.95. The molecule has 84 valence electrons. The molecule has 1 aliphatic rings. The smallest absolute Gasteiger partial charge is 0.0585 e. The van der Waals surface area contributed by atoms with Gasteiger partial charge >= 0.3 is 0 Å². The van der Waals surface area contributed by atoms with Crippen LogP contribution >= 0.6 is 0 Å². The van der Waals surface area contributed by atoms with Crippen molar-refractivity contribution in [1.29, 1.82) is 0 Å². The van der Waals surface area contributed by atoms with Gasteiger partial charge in [-0.3, -0.25) is 0 Å². The van der Waals surface area contributed by atoms with Crippen LogP contribution in [0, 0.1) is 0 Å². The fraction of sp³-hybridized carbons (Fsp3) is 1.00. The highest BCUT2D eigenvalue weighted by atomic mass is 16.3. The predicted octanol–water partition coefficient (Wildman–Crippen LogP) is 0.833. The first-order chi connectivity index (χ1) is 6.86. The van der Waals surface area contributed by atoms with Crippen LogP contribution < -0.4 is 5.32 Å². The van der Waals surface area contributed by atoms with Crippen molar-refractivity contribution < 1.29 is 5.11 Å². The van der Waals surface area contributed by atoms with Gasteiger partial charge in [-0.1, -0.05) is 6.92 Å². The molecule has 3 nitrogen and oxygen atoms in total. The quantitative estimate of drug-likeness (QED) is 0.639. The Labute approximate surface area is 87.5 Å². The first-order valence-corrected chi connectivity index (χ1v) is 5.93. The fourth-order valence-electron chi connectivity index (χ4n) is 1.95. The maximum atomic E-state index is 9.15. The molecule has 0 saturated carbocycles. The van der Waals surface area contributed by atoms with Crippen LogP contribution in [-0.2, 0) is 0 Å². The largest absolute Gasteiger partial charge is 0.395 e. The van der Waals surface area contributed by atoms with Crippen LogP contribution in [-0.4, -0.2) is 48.8 Å². The summed E-state index contributed by atoms with van der Waals surface area (Å²) in [4.78, 5) is 2.50. The van der Waals surface area contributed by atoms with E-state index in [1.54, 1.807) is 0 Å². The number of nitrogens with one attached hydrogen (secondary N) is 1. The molecule has 1 heterocycles. The van der Waals surface area contributed by atoms with Crippen molar-refractivity contribution in [3.8, 4) is 0 Å². The Balaban J connectivity index is 2.06. The van der Waals surface area contributed by atoms with E-state index in [9.17, 15) is 0 Å². The molecule has 0 aliphatic carbocycles. The lowest BCUT2D eigenvalue weighted by Gasteiger charge is -2.20. The Hall–Kier alpha value is -0.120. The summed E-state index contributed by atoms with van der Waals surface area (Å²) in [6, 6.07) is 0.301. The number of rotatable bonds is 7. The van der Waals surface area contributed by atoms with Gasteiger partial charge in [0, 0.05) is 6.04 Å². The van der Waals surface area contributed by atoms with E-state index in [-0.39, 0.29) is 6.61 Å². The van der Waals surface area contributed by atoms with Gasteiger partial charge in [0.1, 0.15) is 0 Å². The van der Waals surface area contributed by atoms with Crippen LogP contribution in [0.1, 0.15) is 32.6 Å². The average molecular weight is 200 g/mol. The zero-order valence-corrected chi connectivity index (χ0v) is 9.34. The van der Waals surface area contributed by atoms with E-state index in [1.165, 1.54) is 25.9 Å². The first-order valence-electron chi connectivity index (χ1n) is 5.93. The van der Waals surface area contributed by atoms with Gasteiger partial charge in [-0.05, 0) is 51.9 Å². The Morgan fingerprint density at radius 2 is 2.07 bits per heavy atom. The Morgan fingerprint density at radius 1 is 1.36 bits per heavy atom. The number of aliphatic hydroxyl groups excluding tert-OH is 1. The van der Waals surface area contributed by atoms with Crippen LogP contribution in [0.4, 0.5) is 0 Å². The van der Waals surface area contributed by atoms with Crippen molar-refractivity contribution in [2.24, 2.45) is 0 Å². The second-order valence-corrected chi connectivity index (χ2v) is 4.17. The highest BCUT2D eigenvalue weighted by Gasteiger charge is 2.13. The summed E-state index contributed by atoms with van der Waals surface area (Å²) in [6.45, 7) is 7.10. The van der Waals surface area contributed by atoms with Gasteiger partial charge in [0.2, 0.25) is 0 Å². The molecule has 1 fully saturated rings. The van der Waals surface area contributed by atoms with Crippen molar-refractivity contribution in [3.05, 3.63) is 0 Å². The molecule has 1 unspecified atom stereocenters. The second kappa shape index (κ2) is 7.21. The molecule has 2 N–H and O–H groups in total. The third kappa shape index (κ3) is 4.40. The molecule has 3 heteroatoms. The molecular formula is C11H24N2O. The lowest BCUT2D eigenvalue weighted by atomic mass is 10.2. The molecule has 0 aromatic carbocycles. The average Bonchev–Trinajstić information content (AvgIpc) is 2.71. The molecule has 0 spiro atoms. The molecule has 1 aliphatic heterocycles. The van der Waals surface area contributed by atoms with Crippen LogP contribution in [0.25, 0.3) is 0 Å². The van der Waals surface area contributed by atoms with Gasteiger partial charge in [0.15, 0.2) is 0 Å². The van der Waals surface area contributed by atoms with E-state index in [4.69, 9.17) is 5.11 Å². The van der Waals surface area contributed by atoms with Crippen LogP contribution in [0.2, 0.25) is 0 Å². The highest BCUT2D eigenvalue weighted by molar-refractivity contribution is 4.71. The summed E-state index contributed by atoms with van der Waals surface area (Å²) >= 11 is 0. The normalized spacial score (nSPS) is 20.1. The topological polar surface area (TPSA) is 35.5 Å². The number of hydrogen-bond donors (Lipinski definition) is 2. The van der Waals surface area contributed by atoms with Crippen molar-refractivity contribution in [1.82, 2.24) is 10.2 Å². The minimum absolute atomic E-state index is 0.272. The summed E-state index contributed by atoms with van der Waals surface area (Å²) in [6.07, 6.45) is 4.93. The van der Waals surface area contributed by atoms with Crippen LogP contribution in [0.5, 0.6) is 0 Å². The molecule has 0 aromatic heterocycles. The van der Waals surface area contributed by atoms with Gasteiger partial charge < -0.3 is 15.3 Å². The van der Waals surface area contributed by atoms with Gasteiger partial charge in [0.25, 0.3) is 0 Å². The van der Waals surface area contributed by atoms with Gasteiger partial charge in [-0.25, -0.2) is 0 Å². The lowest BCUT2D eigenvalue weighted by Crippen LogP contribution is -2.36. The van der Waals surface area contributed by atoms with E-state index in [0.29, 0.717) is 6.04 Å².